The Hall–Kier alpha value is -1.26. The van der Waals surface area contributed by atoms with Crippen molar-refractivity contribution in [2.24, 2.45) is 0 Å². The molecule has 0 spiro atoms. The molecule has 0 aromatic rings. The highest BCUT2D eigenvalue weighted by molar-refractivity contribution is 5.87. The maximum absolute atomic E-state index is 12.4. The first-order chi connectivity index (χ1) is 9.00. The smallest absolute Gasteiger partial charge is 0.329 e. The Balaban J connectivity index is 2.09. The average molecular weight is 268 g/mol. The maximum Gasteiger partial charge on any atom is 0.329 e. The van der Waals surface area contributed by atoms with E-state index in [1.807, 2.05) is 11.8 Å². The Morgan fingerprint density at radius 1 is 1.32 bits per heavy atom. The summed E-state index contributed by atoms with van der Waals surface area (Å²) in [5, 5.41) is 12.2. The van der Waals surface area contributed by atoms with Crippen molar-refractivity contribution in [3.8, 4) is 0 Å². The predicted molar refractivity (Wildman–Crippen MR) is 72.0 cm³/mol. The van der Waals surface area contributed by atoms with Gasteiger partial charge in [0.25, 0.3) is 0 Å². The largest absolute Gasteiger partial charge is 0.480 e. The number of nitrogens with zero attached hydrogens (tertiary/aromatic N) is 1. The van der Waals surface area contributed by atoms with E-state index in [0.29, 0.717) is 12.8 Å². The van der Waals surface area contributed by atoms with Gasteiger partial charge in [0.1, 0.15) is 5.54 Å². The molecule has 2 rings (SSSR count). The lowest BCUT2D eigenvalue weighted by atomic mass is 9.98. The third-order valence-electron chi connectivity index (χ3n) is 4.70. The molecule has 1 aliphatic carbocycles. The molecule has 2 atom stereocenters. The second kappa shape index (κ2) is 5.39. The number of carbonyl (C=O) groups excluding carboxylic acids is 1. The van der Waals surface area contributed by atoms with Crippen LogP contribution in [0, 0.1) is 0 Å². The fourth-order valence-corrected chi connectivity index (χ4v) is 3.48. The van der Waals surface area contributed by atoms with E-state index in [9.17, 15) is 14.7 Å². The molecule has 0 radical (unpaired) electrons. The highest BCUT2D eigenvalue weighted by Gasteiger charge is 2.45. The van der Waals surface area contributed by atoms with Crippen LogP contribution >= 0.6 is 0 Å². The molecule has 1 heterocycles. The van der Waals surface area contributed by atoms with Gasteiger partial charge in [-0.05, 0) is 39.0 Å². The molecule has 1 aliphatic heterocycles. The molecule has 108 valence electrons. The van der Waals surface area contributed by atoms with E-state index in [1.165, 1.54) is 0 Å². The number of likely N-dealkylation sites (tertiary alicyclic amines) is 1. The van der Waals surface area contributed by atoms with Gasteiger partial charge in [-0.1, -0.05) is 19.8 Å². The molecule has 1 saturated heterocycles. The number of carboxylic acids is 1. The molecule has 2 N–H and O–H groups in total. The molecular weight excluding hydrogens is 244 g/mol. The van der Waals surface area contributed by atoms with Gasteiger partial charge in [-0.25, -0.2) is 9.59 Å². The van der Waals surface area contributed by atoms with Gasteiger partial charge in [-0.15, -0.1) is 0 Å². The number of rotatable bonds is 3. The number of aliphatic carboxylic acids is 1. The van der Waals surface area contributed by atoms with Gasteiger partial charge in [0, 0.05) is 12.1 Å². The molecule has 1 saturated carbocycles. The topological polar surface area (TPSA) is 69.6 Å². The van der Waals surface area contributed by atoms with Crippen molar-refractivity contribution >= 4 is 12.0 Å². The van der Waals surface area contributed by atoms with Gasteiger partial charge in [0.05, 0.1) is 0 Å². The van der Waals surface area contributed by atoms with Crippen molar-refractivity contribution < 1.29 is 14.7 Å². The normalized spacial score (nSPS) is 29.5. The summed E-state index contributed by atoms with van der Waals surface area (Å²) in [6.07, 6.45) is 5.80. The highest BCUT2D eigenvalue weighted by Crippen LogP contribution is 2.32. The van der Waals surface area contributed by atoms with E-state index in [2.05, 4.69) is 12.2 Å². The van der Waals surface area contributed by atoms with Gasteiger partial charge in [0.2, 0.25) is 0 Å². The van der Waals surface area contributed by atoms with Crippen LogP contribution < -0.4 is 5.32 Å². The lowest BCUT2D eigenvalue weighted by molar-refractivity contribution is -0.144. The summed E-state index contributed by atoms with van der Waals surface area (Å²) < 4.78 is 0. The first-order valence-corrected chi connectivity index (χ1v) is 7.34. The van der Waals surface area contributed by atoms with Crippen LogP contribution in [0.4, 0.5) is 4.79 Å². The first-order valence-electron chi connectivity index (χ1n) is 7.34. The van der Waals surface area contributed by atoms with Crippen LogP contribution in [0.15, 0.2) is 0 Å². The van der Waals surface area contributed by atoms with Crippen molar-refractivity contribution in [1.82, 2.24) is 10.2 Å². The minimum absolute atomic E-state index is 0.193. The SMILES string of the molecule is CCC1CCC(C)N1C(=O)NC1(C(=O)O)CCCC1. The van der Waals surface area contributed by atoms with Crippen LogP contribution in [0.25, 0.3) is 0 Å². The van der Waals surface area contributed by atoms with Crippen molar-refractivity contribution in [2.45, 2.75) is 76.4 Å². The minimum Gasteiger partial charge on any atom is -0.480 e. The lowest BCUT2D eigenvalue weighted by Crippen LogP contribution is -2.58. The first kappa shape index (κ1) is 14.2. The zero-order valence-corrected chi connectivity index (χ0v) is 11.8. The van der Waals surface area contributed by atoms with E-state index >= 15 is 0 Å². The fourth-order valence-electron chi connectivity index (χ4n) is 3.48. The summed E-state index contributed by atoms with van der Waals surface area (Å²) in [4.78, 5) is 25.8. The molecular formula is C14H24N2O3. The fraction of sp³-hybridized carbons (Fsp3) is 0.857. The van der Waals surface area contributed by atoms with E-state index in [-0.39, 0.29) is 18.1 Å². The molecule has 0 aromatic carbocycles. The van der Waals surface area contributed by atoms with Crippen LogP contribution in [0.3, 0.4) is 0 Å². The van der Waals surface area contributed by atoms with Crippen LogP contribution in [0.5, 0.6) is 0 Å². The molecule has 0 aromatic heterocycles. The Labute approximate surface area is 114 Å². The number of amides is 2. The van der Waals surface area contributed by atoms with Gasteiger partial charge in [-0.2, -0.15) is 0 Å². The van der Waals surface area contributed by atoms with Crippen LogP contribution in [0.2, 0.25) is 0 Å². The zero-order chi connectivity index (χ0) is 14.0. The van der Waals surface area contributed by atoms with Gasteiger partial charge < -0.3 is 15.3 Å². The molecule has 2 unspecified atom stereocenters. The van der Waals surface area contributed by atoms with Crippen LogP contribution in [-0.4, -0.2) is 39.6 Å². The van der Waals surface area contributed by atoms with E-state index in [0.717, 1.165) is 32.1 Å². The summed E-state index contributed by atoms with van der Waals surface area (Å²) in [6.45, 7) is 4.11. The van der Waals surface area contributed by atoms with Crippen molar-refractivity contribution in [3.63, 3.8) is 0 Å². The molecule has 19 heavy (non-hydrogen) atoms. The molecule has 2 fully saturated rings. The molecule has 5 heteroatoms. The number of urea groups is 1. The third kappa shape index (κ3) is 2.55. The maximum atomic E-state index is 12.4. The van der Waals surface area contributed by atoms with Gasteiger partial charge in [0.15, 0.2) is 0 Å². The van der Waals surface area contributed by atoms with Crippen LogP contribution in [0.1, 0.15) is 58.8 Å². The summed E-state index contributed by atoms with van der Waals surface area (Å²) >= 11 is 0. The number of carbonyl (C=O) groups is 2. The Bertz CT molecular complexity index is 364. The van der Waals surface area contributed by atoms with Gasteiger partial charge in [-0.3, -0.25) is 0 Å². The second-order valence-corrected chi connectivity index (χ2v) is 5.92. The minimum atomic E-state index is -1.03. The summed E-state index contributed by atoms with van der Waals surface area (Å²) in [6, 6.07) is 0.264. The standard InChI is InChI=1S/C14H24N2O3/c1-3-11-7-6-10(2)16(11)13(19)15-14(12(17)18)8-4-5-9-14/h10-11H,3-9H2,1-2H3,(H,15,19)(H,17,18). The van der Waals surface area contributed by atoms with E-state index in [1.54, 1.807) is 0 Å². The second-order valence-electron chi connectivity index (χ2n) is 5.92. The Morgan fingerprint density at radius 2 is 1.95 bits per heavy atom. The monoisotopic (exact) mass is 268 g/mol. The van der Waals surface area contributed by atoms with Gasteiger partial charge >= 0.3 is 12.0 Å². The summed E-state index contributed by atoms with van der Waals surface area (Å²) in [5.41, 5.74) is -1.03. The average Bonchev–Trinajstić information content (AvgIpc) is 2.96. The van der Waals surface area contributed by atoms with E-state index < -0.39 is 11.5 Å². The quantitative estimate of drug-likeness (QED) is 0.825. The number of hydrogen-bond acceptors (Lipinski definition) is 2. The molecule has 0 bridgehead atoms. The molecule has 2 aliphatic rings. The predicted octanol–water partition coefficient (Wildman–Crippen LogP) is 2.36. The van der Waals surface area contributed by atoms with Crippen molar-refractivity contribution in [3.05, 3.63) is 0 Å². The summed E-state index contributed by atoms with van der Waals surface area (Å²) in [7, 11) is 0. The van der Waals surface area contributed by atoms with E-state index in [4.69, 9.17) is 0 Å². The molecule has 2 amide bonds. The third-order valence-corrected chi connectivity index (χ3v) is 4.70. The van der Waals surface area contributed by atoms with Crippen molar-refractivity contribution in [2.75, 3.05) is 0 Å². The number of carboxylic acid groups (broad SMARTS) is 1. The Kier molecular flexibility index (Phi) is 4.02. The Morgan fingerprint density at radius 3 is 2.47 bits per heavy atom. The van der Waals surface area contributed by atoms with Crippen LogP contribution in [-0.2, 0) is 4.79 Å². The molecule has 5 nitrogen and oxygen atoms in total. The highest BCUT2D eigenvalue weighted by atomic mass is 16.4. The zero-order valence-electron chi connectivity index (χ0n) is 11.8. The lowest BCUT2D eigenvalue weighted by Gasteiger charge is -2.33. The summed E-state index contributed by atoms with van der Waals surface area (Å²) in [5.74, 6) is -0.891. The number of nitrogens with one attached hydrogen (secondary N) is 1. The van der Waals surface area contributed by atoms with Crippen molar-refractivity contribution in [1.29, 1.82) is 0 Å². The number of hydrogen-bond donors (Lipinski definition) is 2.